The first-order valence-corrected chi connectivity index (χ1v) is 8.76. The molecule has 0 atom stereocenters. The van der Waals surface area contributed by atoms with Gasteiger partial charge in [0.05, 0.1) is 0 Å². The predicted molar refractivity (Wildman–Crippen MR) is 106 cm³/mol. The number of carbonyl (C=O) groups is 3. The molecule has 0 unspecified atom stereocenters. The fourth-order valence-corrected chi connectivity index (χ4v) is 2.34. The Balaban J connectivity index is 2.02. The average molecular weight is 368 g/mol. The van der Waals surface area contributed by atoms with Crippen LogP contribution in [0, 0.1) is 0 Å². The van der Waals surface area contributed by atoms with Crippen LogP contribution in [0.4, 0.5) is 16.2 Å². The van der Waals surface area contributed by atoms with Crippen LogP contribution in [-0.2, 0) is 0 Å². The number of anilines is 2. The van der Waals surface area contributed by atoms with Crippen LogP contribution in [0.25, 0.3) is 0 Å². The molecule has 4 amide bonds. The maximum absolute atomic E-state index is 12.4. The lowest BCUT2D eigenvalue weighted by Gasteiger charge is -2.11. The number of hydrogen-bond acceptors (Lipinski definition) is 3. The fourth-order valence-electron chi connectivity index (χ4n) is 2.34. The molecule has 2 aromatic carbocycles. The van der Waals surface area contributed by atoms with Crippen LogP contribution in [0.5, 0.6) is 0 Å². The molecule has 4 N–H and O–H groups in total. The zero-order chi connectivity index (χ0) is 19.8. The molecule has 0 heterocycles. The van der Waals surface area contributed by atoms with Crippen molar-refractivity contribution in [3.63, 3.8) is 0 Å². The number of hydrogen-bond donors (Lipinski definition) is 4. The van der Waals surface area contributed by atoms with Crippen LogP contribution in [0.1, 0.15) is 41.5 Å². The van der Waals surface area contributed by atoms with Crippen LogP contribution in [-0.4, -0.2) is 30.4 Å². The smallest absolute Gasteiger partial charge is 0.319 e. The highest BCUT2D eigenvalue weighted by atomic mass is 16.2. The van der Waals surface area contributed by atoms with Crippen molar-refractivity contribution in [2.75, 3.05) is 17.2 Å². The fraction of sp³-hybridized carbons (Fsp3) is 0.250. The van der Waals surface area contributed by atoms with Gasteiger partial charge in [0.2, 0.25) is 0 Å². The molecule has 0 aliphatic carbocycles. The number of urea groups is 1. The number of rotatable bonds is 6. The molecule has 0 fully saturated rings. The van der Waals surface area contributed by atoms with Crippen molar-refractivity contribution in [2.24, 2.45) is 0 Å². The molecule has 2 aromatic rings. The predicted octanol–water partition coefficient (Wildman–Crippen LogP) is 3.22. The van der Waals surface area contributed by atoms with Crippen molar-refractivity contribution in [3.05, 3.63) is 59.7 Å². The quantitative estimate of drug-likeness (QED) is 0.630. The molecule has 0 aromatic heterocycles. The highest BCUT2D eigenvalue weighted by Gasteiger charge is 2.10. The zero-order valence-corrected chi connectivity index (χ0v) is 15.6. The van der Waals surface area contributed by atoms with E-state index in [2.05, 4.69) is 21.3 Å². The Kier molecular flexibility index (Phi) is 6.93. The van der Waals surface area contributed by atoms with E-state index in [9.17, 15) is 14.4 Å². The lowest BCUT2D eigenvalue weighted by atomic mass is 10.1. The van der Waals surface area contributed by atoms with E-state index in [-0.39, 0.29) is 23.9 Å². The molecule has 7 nitrogen and oxygen atoms in total. The van der Waals surface area contributed by atoms with Gasteiger partial charge in [-0.15, -0.1) is 0 Å². The number of amides is 4. The molecular weight excluding hydrogens is 344 g/mol. The Morgan fingerprint density at radius 1 is 0.852 bits per heavy atom. The molecule has 0 radical (unpaired) electrons. The minimum absolute atomic E-state index is 0.0128. The first-order chi connectivity index (χ1) is 12.9. The van der Waals surface area contributed by atoms with Gasteiger partial charge in [0.15, 0.2) is 0 Å². The maximum Gasteiger partial charge on any atom is 0.319 e. The Morgan fingerprint density at radius 3 is 2.19 bits per heavy atom. The van der Waals surface area contributed by atoms with E-state index >= 15 is 0 Å². The van der Waals surface area contributed by atoms with Crippen molar-refractivity contribution in [3.8, 4) is 0 Å². The van der Waals surface area contributed by atoms with Crippen LogP contribution >= 0.6 is 0 Å². The Bertz CT molecular complexity index is 816. The van der Waals surface area contributed by atoms with Gasteiger partial charge in [-0.3, -0.25) is 9.59 Å². The third-order valence-corrected chi connectivity index (χ3v) is 3.54. The standard InChI is InChI=1S/C20H24N4O3/c1-4-21-18(25)14-8-10-16(11-9-14)23-19(26)15-6-5-7-17(12-15)24-20(27)22-13(2)3/h5-13H,4H2,1-3H3,(H,21,25)(H,23,26)(H2,22,24,27). The van der Waals surface area contributed by atoms with Crippen LogP contribution in [0.2, 0.25) is 0 Å². The van der Waals surface area contributed by atoms with Crippen molar-refractivity contribution in [2.45, 2.75) is 26.8 Å². The summed E-state index contributed by atoms with van der Waals surface area (Å²) in [7, 11) is 0. The van der Waals surface area contributed by atoms with Gasteiger partial charge in [-0.25, -0.2) is 4.79 Å². The zero-order valence-electron chi connectivity index (χ0n) is 15.6. The molecule has 0 aliphatic rings. The normalized spacial score (nSPS) is 10.2. The summed E-state index contributed by atoms with van der Waals surface area (Å²) in [5.41, 5.74) is 2.03. The molecule has 27 heavy (non-hydrogen) atoms. The lowest BCUT2D eigenvalue weighted by molar-refractivity contribution is 0.0955. The van der Waals surface area contributed by atoms with Gasteiger partial charge in [0, 0.05) is 35.1 Å². The van der Waals surface area contributed by atoms with Gasteiger partial charge >= 0.3 is 6.03 Å². The molecular formula is C20H24N4O3. The lowest BCUT2D eigenvalue weighted by Crippen LogP contribution is -2.34. The second-order valence-electron chi connectivity index (χ2n) is 6.22. The van der Waals surface area contributed by atoms with Gasteiger partial charge in [-0.1, -0.05) is 6.07 Å². The molecule has 0 bridgehead atoms. The van der Waals surface area contributed by atoms with Crippen molar-refractivity contribution >= 4 is 29.2 Å². The minimum atomic E-state index is -0.330. The molecule has 0 aliphatic heterocycles. The van der Waals surface area contributed by atoms with E-state index in [4.69, 9.17) is 0 Å². The molecule has 2 rings (SSSR count). The summed E-state index contributed by atoms with van der Waals surface area (Å²) in [6, 6.07) is 13.0. The second-order valence-corrected chi connectivity index (χ2v) is 6.22. The number of nitrogens with one attached hydrogen (secondary N) is 4. The summed E-state index contributed by atoms with van der Waals surface area (Å²) in [6.07, 6.45) is 0. The molecule has 142 valence electrons. The van der Waals surface area contributed by atoms with E-state index in [1.54, 1.807) is 48.5 Å². The average Bonchev–Trinajstić information content (AvgIpc) is 2.62. The number of carbonyl (C=O) groups excluding carboxylic acids is 3. The summed E-state index contributed by atoms with van der Waals surface area (Å²) < 4.78 is 0. The Labute approximate surface area is 158 Å². The maximum atomic E-state index is 12.4. The Hall–Kier alpha value is -3.35. The van der Waals surface area contributed by atoms with E-state index in [1.165, 1.54) is 0 Å². The van der Waals surface area contributed by atoms with Crippen LogP contribution < -0.4 is 21.3 Å². The SMILES string of the molecule is CCNC(=O)c1ccc(NC(=O)c2cccc(NC(=O)NC(C)C)c2)cc1. The Morgan fingerprint density at radius 2 is 1.56 bits per heavy atom. The molecule has 0 saturated heterocycles. The van der Waals surface area contributed by atoms with Crippen LogP contribution in [0.3, 0.4) is 0 Å². The van der Waals surface area contributed by atoms with E-state index in [1.807, 2.05) is 20.8 Å². The molecule has 7 heteroatoms. The van der Waals surface area contributed by atoms with E-state index < -0.39 is 0 Å². The van der Waals surface area contributed by atoms with Crippen molar-refractivity contribution < 1.29 is 14.4 Å². The first kappa shape index (κ1) is 20.0. The topological polar surface area (TPSA) is 99.3 Å². The molecule has 0 saturated carbocycles. The largest absolute Gasteiger partial charge is 0.352 e. The highest BCUT2D eigenvalue weighted by Crippen LogP contribution is 2.14. The van der Waals surface area contributed by atoms with E-state index in [0.717, 1.165) is 0 Å². The third-order valence-electron chi connectivity index (χ3n) is 3.54. The summed E-state index contributed by atoms with van der Waals surface area (Å²) in [5.74, 6) is -0.470. The van der Waals surface area contributed by atoms with E-state index in [0.29, 0.717) is 29.0 Å². The monoisotopic (exact) mass is 368 g/mol. The first-order valence-electron chi connectivity index (χ1n) is 8.76. The molecule has 0 spiro atoms. The summed E-state index contributed by atoms with van der Waals surface area (Å²) in [4.78, 5) is 36.0. The summed E-state index contributed by atoms with van der Waals surface area (Å²) >= 11 is 0. The van der Waals surface area contributed by atoms with Gasteiger partial charge in [0.25, 0.3) is 11.8 Å². The van der Waals surface area contributed by atoms with Gasteiger partial charge in [-0.2, -0.15) is 0 Å². The minimum Gasteiger partial charge on any atom is -0.352 e. The van der Waals surface area contributed by atoms with Gasteiger partial charge < -0.3 is 21.3 Å². The highest BCUT2D eigenvalue weighted by molar-refractivity contribution is 6.05. The van der Waals surface area contributed by atoms with Gasteiger partial charge in [-0.05, 0) is 63.2 Å². The number of benzene rings is 2. The third kappa shape index (κ3) is 6.14. The summed E-state index contributed by atoms with van der Waals surface area (Å²) in [6.45, 7) is 6.13. The second kappa shape index (κ2) is 9.38. The van der Waals surface area contributed by atoms with Crippen LogP contribution in [0.15, 0.2) is 48.5 Å². The van der Waals surface area contributed by atoms with Crippen molar-refractivity contribution in [1.82, 2.24) is 10.6 Å². The van der Waals surface area contributed by atoms with Crippen molar-refractivity contribution in [1.29, 1.82) is 0 Å². The van der Waals surface area contributed by atoms with Gasteiger partial charge in [0.1, 0.15) is 0 Å². The summed E-state index contributed by atoms with van der Waals surface area (Å²) in [5, 5.41) is 10.9.